The Morgan fingerprint density at radius 3 is 2.38 bits per heavy atom. The monoisotopic (exact) mass is 473 g/mol. The first kappa shape index (κ1) is 22.0. The Kier molecular flexibility index (Phi) is 8.13. The highest BCUT2D eigenvalue weighted by Crippen LogP contribution is 2.30. The second kappa shape index (κ2) is 9.61. The molecular formula is C19H25FIN3O2. The molecule has 2 aromatic rings. The highest BCUT2D eigenvalue weighted by Gasteiger charge is 2.23. The Balaban J connectivity index is 0.00000338. The van der Waals surface area contributed by atoms with Crippen LogP contribution in [0.15, 0.2) is 47.5 Å². The van der Waals surface area contributed by atoms with Crippen LogP contribution in [0.2, 0.25) is 0 Å². The van der Waals surface area contributed by atoms with Crippen molar-refractivity contribution in [1.29, 1.82) is 0 Å². The van der Waals surface area contributed by atoms with Gasteiger partial charge in [0.2, 0.25) is 0 Å². The molecule has 142 valence electrons. The van der Waals surface area contributed by atoms with E-state index in [0.29, 0.717) is 23.6 Å². The maximum absolute atomic E-state index is 14.0. The second-order valence-electron chi connectivity index (χ2n) is 6.26. The lowest BCUT2D eigenvalue weighted by Gasteiger charge is -2.23. The molecular weight excluding hydrogens is 448 g/mol. The molecule has 0 radical (unpaired) electrons. The molecule has 0 saturated carbocycles. The molecule has 0 aromatic heterocycles. The topological polar surface area (TPSA) is 68.9 Å². The normalized spacial score (nSPS) is 11.5. The van der Waals surface area contributed by atoms with Crippen LogP contribution in [0.1, 0.15) is 19.4 Å². The van der Waals surface area contributed by atoms with Gasteiger partial charge in [-0.2, -0.15) is 0 Å². The standard InChI is InChI=1S/C19H24FN3O2.HI/c1-19(2,14-7-5-6-8-15(14)20)12-22-18(21)23-13-9-10-16(24-3)17(11-13)25-4;/h5-11H,12H2,1-4H3,(H3,21,22,23);1H. The number of nitrogens with one attached hydrogen (secondary N) is 1. The Morgan fingerprint density at radius 2 is 1.77 bits per heavy atom. The predicted molar refractivity (Wildman–Crippen MR) is 114 cm³/mol. The minimum Gasteiger partial charge on any atom is -0.493 e. The van der Waals surface area contributed by atoms with E-state index in [0.717, 1.165) is 5.69 Å². The summed E-state index contributed by atoms with van der Waals surface area (Å²) in [4.78, 5) is 4.35. The van der Waals surface area contributed by atoms with Crippen molar-refractivity contribution in [2.75, 3.05) is 26.1 Å². The molecule has 3 N–H and O–H groups in total. The number of hydrogen-bond donors (Lipinski definition) is 2. The summed E-state index contributed by atoms with van der Waals surface area (Å²) in [6, 6.07) is 12.1. The molecule has 0 spiro atoms. The Morgan fingerprint density at radius 1 is 1.12 bits per heavy atom. The molecule has 0 amide bonds. The third-order valence-electron chi connectivity index (χ3n) is 3.90. The van der Waals surface area contributed by atoms with Crippen molar-refractivity contribution in [3.05, 3.63) is 53.8 Å². The maximum atomic E-state index is 14.0. The fourth-order valence-corrected chi connectivity index (χ4v) is 2.48. The third-order valence-corrected chi connectivity index (χ3v) is 3.90. The molecule has 0 atom stereocenters. The fourth-order valence-electron chi connectivity index (χ4n) is 2.48. The van der Waals surface area contributed by atoms with Crippen molar-refractivity contribution in [3.63, 3.8) is 0 Å². The summed E-state index contributed by atoms with van der Waals surface area (Å²) in [6.45, 7) is 4.21. The highest BCUT2D eigenvalue weighted by atomic mass is 127. The van der Waals surface area contributed by atoms with E-state index in [2.05, 4.69) is 10.3 Å². The van der Waals surface area contributed by atoms with Crippen LogP contribution in [0.25, 0.3) is 0 Å². The van der Waals surface area contributed by atoms with Gasteiger partial charge in [0.15, 0.2) is 17.5 Å². The minimum absolute atomic E-state index is 0. The summed E-state index contributed by atoms with van der Waals surface area (Å²) in [5.41, 5.74) is 6.82. The van der Waals surface area contributed by atoms with Gasteiger partial charge in [0.05, 0.1) is 20.8 Å². The molecule has 2 rings (SSSR count). The first-order chi connectivity index (χ1) is 11.9. The van der Waals surface area contributed by atoms with Crippen molar-refractivity contribution in [1.82, 2.24) is 0 Å². The van der Waals surface area contributed by atoms with Gasteiger partial charge in [0, 0.05) is 17.2 Å². The molecule has 0 aliphatic heterocycles. The summed E-state index contributed by atoms with van der Waals surface area (Å²) in [6.07, 6.45) is 0. The van der Waals surface area contributed by atoms with Crippen molar-refractivity contribution >= 4 is 35.6 Å². The summed E-state index contributed by atoms with van der Waals surface area (Å²) >= 11 is 0. The fraction of sp³-hybridized carbons (Fsp3) is 0.316. The Hall–Kier alpha value is -2.03. The number of anilines is 1. The van der Waals surface area contributed by atoms with Gasteiger partial charge in [-0.1, -0.05) is 32.0 Å². The summed E-state index contributed by atoms with van der Waals surface area (Å²) in [5.74, 6) is 1.22. The Labute approximate surface area is 170 Å². The van der Waals surface area contributed by atoms with E-state index in [1.165, 1.54) is 6.07 Å². The number of ether oxygens (including phenoxy) is 2. The number of rotatable bonds is 6. The van der Waals surface area contributed by atoms with Crippen LogP contribution >= 0.6 is 24.0 Å². The van der Waals surface area contributed by atoms with Gasteiger partial charge >= 0.3 is 0 Å². The molecule has 0 aliphatic carbocycles. The second-order valence-corrected chi connectivity index (χ2v) is 6.26. The molecule has 5 nitrogen and oxygen atoms in total. The smallest absolute Gasteiger partial charge is 0.193 e. The molecule has 26 heavy (non-hydrogen) atoms. The number of guanidine groups is 1. The molecule has 0 fully saturated rings. The molecule has 0 heterocycles. The third kappa shape index (κ3) is 5.48. The first-order valence-corrected chi connectivity index (χ1v) is 7.91. The minimum atomic E-state index is -0.477. The first-order valence-electron chi connectivity index (χ1n) is 7.91. The van der Waals surface area contributed by atoms with Gasteiger partial charge in [0.25, 0.3) is 0 Å². The van der Waals surface area contributed by atoms with E-state index in [-0.39, 0.29) is 35.8 Å². The predicted octanol–water partition coefficient (Wildman–Crippen LogP) is 4.17. The molecule has 0 unspecified atom stereocenters. The van der Waals surface area contributed by atoms with Gasteiger partial charge in [-0.25, -0.2) is 4.39 Å². The van der Waals surface area contributed by atoms with Crippen LogP contribution in [-0.4, -0.2) is 26.7 Å². The number of halogens is 2. The molecule has 0 bridgehead atoms. The van der Waals surface area contributed by atoms with Crippen LogP contribution in [-0.2, 0) is 5.41 Å². The zero-order valence-corrected chi connectivity index (χ0v) is 17.7. The number of hydrogen-bond acceptors (Lipinski definition) is 3. The van der Waals surface area contributed by atoms with E-state index < -0.39 is 5.41 Å². The van der Waals surface area contributed by atoms with E-state index >= 15 is 0 Å². The van der Waals surface area contributed by atoms with Crippen LogP contribution in [0, 0.1) is 5.82 Å². The van der Waals surface area contributed by atoms with Crippen LogP contribution in [0.3, 0.4) is 0 Å². The van der Waals surface area contributed by atoms with E-state index in [1.54, 1.807) is 38.5 Å². The van der Waals surface area contributed by atoms with Gasteiger partial charge < -0.3 is 20.5 Å². The highest BCUT2D eigenvalue weighted by molar-refractivity contribution is 14.0. The van der Waals surface area contributed by atoms with Gasteiger partial charge in [-0.15, -0.1) is 24.0 Å². The average molecular weight is 473 g/mol. The van der Waals surface area contributed by atoms with Crippen molar-refractivity contribution < 1.29 is 13.9 Å². The van der Waals surface area contributed by atoms with E-state index in [9.17, 15) is 4.39 Å². The maximum Gasteiger partial charge on any atom is 0.193 e. The zero-order chi connectivity index (χ0) is 18.4. The quantitative estimate of drug-likeness (QED) is 0.376. The lowest BCUT2D eigenvalue weighted by atomic mass is 9.84. The molecule has 0 saturated heterocycles. The van der Waals surface area contributed by atoms with E-state index in [4.69, 9.17) is 15.2 Å². The molecule has 0 aliphatic rings. The van der Waals surface area contributed by atoms with Gasteiger partial charge in [0.1, 0.15) is 5.82 Å². The lowest BCUT2D eigenvalue weighted by molar-refractivity contribution is 0.355. The summed E-state index contributed by atoms with van der Waals surface area (Å²) < 4.78 is 24.4. The lowest BCUT2D eigenvalue weighted by Crippen LogP contribution is -2.28. The van der Waals surface area contributed by atoms with Crippen LogP contribution < -0.4 is 20.5 Å². The largest absolute Gasteiger partial charge is 0.493 e. The van der Waals surface area contributed by atoms with Crippen LogP contribution in [0.5, 0.6) is 11.5 Å². The van der Waals surface area contributed by atoms with Gasteiger partial charge in [-0.3, -0.25) is 4.99 Å². The van der Waals surface area contributed by atoms with E-state index in [1.807, 2.05) is 26.0 Å². The van der Waals surface area contributed by atoms with Crippen molar-refractivity contribution in [2.24, 2.45) is 10.7 Å². The number of methoxy groups -OCH3 is 2. The van der Waals surface area contributed by atoms with Crippen molar-refractivity contribution in [2.45, 2.75) is 19.3 Å². The average Bonchev–Trinajstić information content (AvgIpc) is 2.60. The number of aliphatic imine (C=N–C) groups is 1. The molecule has 2 aromatic carbocycles. The summed E-state index contributed by atoms with van der Waals surface area (Å²) in [7, 11) is 3.14. The summed E-state index contributed by atoms with van der Waals surface area (Å²) in [5, 5.41) is 3.01. The zero-order valence-electron chi connectivity index (χ0n) is 15.4. The Bertz CT molecular complexity index is 766. The van der Waals surface area contributed by atoms with Crippen molar-refractivity contribution in [3.8, 4) is 11.5 Å². The number of benzene rings is 2. The SMILES string of the molecule is COc1ccc(NC(N)=NCC(C)(C)c2ccccc2F)cc1OC.I. The number of nitrogens with zero attached hydrogens (tertiary/aromatic N) is 1. The van der Waals surface area contributed by atoms with Crippen LogP contribution in [0.4, 0.5) is 10.1 Å². The van der Waals surface area contributed by atoms with Gasteiger partial charge in [-0.05, 0) is 23.8 Å². The molecule has 7 heteroatoms. The number of nitrogens with two attached hydrogens (primary N) is 1.